The molecule has 2 aromatic heterocycles. The number of anilines is 1. The number of carboxylic acids is 1. The Labute approximate surface area is 304 Å². The van der Waals surface area contributed by atoms with Crippen LogP contribution in [0, 0.1) is 0 Å². The molecule has 0 saturated carbocycles. The second-order valence-electron chi connectivity index (χ2n) is 12.0. The second kappa shape index (κ2) is 14.6. The lowest BCUT2D eigenvalue weighted by Crippen LogP contribution is -2.70. The number of phenols is 1. The van der Waals surface area contributed by atoms with E-state index in [1.165, 1.54) is 51.9 Å². The number of allylic oxidation sites excluding steroid dienone is 1. The molecule has 2 atom stereocenters. The van der Waals surface area contributed by atoms with Gasteiger partial charge in [-0.1, -0.05) is 23.9 Å². The fraction of sp³-hybridized carbons (Fsp3) is 0.229. The molecule has 51 heavy (non-hydrogen) atoms. The van der Waals surface area contributed by atoms with Gasteiger partial charge in [0.05, 0.1) is 16.0 Å². The number of aliphatic carboxylic acids is 1. The number of carbonyl (C=O) groups excluding carboxylic acids is 4. The third-order valence-electron chi connectivity index (χ3n) is 8.49. The van der Waals surface area contributed by atoms with Gasteiger partial charge in [-0.3, -0.25) is 24.1 Å². The maximum Gasteiger partial charge on any atom is 0.352 e. The van der Waals surface area contributed by atoms with E-state index in [1.807, 2.05) is 36.4 Å². The van der Waals surface area contributed by atoms with Gasteiger partial charge in [0.2, 0.25) is 18.4 Å². The smallest absolute Gasteiger partial charge is 0.352 e. The van der Waals surface area contributed by atoms with Crippen molar-refractivity contribution in [1.82, 2.24) is 20.1 Å². The lowest BCUT2D eigenvalue weighted by molar-refractivity contribution is -0.684. The number of hydrogen-bond acceptors (Lipinski definition) is 10. The van der Waals surface area contributed by atoms with Gasteiger partial charge in [-0.15, -0.1) is 23.1 Å². The Morgan fingerprint density at radius 1 is 1.04 bits per heavy atom. The van der Waals surface area contributed by atoms with Crippen LogP contribution in [0.1, 0.15) is 12.0 Å². The number of aromatic nitrogens is 2. The van der Waals surface area contributed by atoms with Crippen LogP contribution in [0.4, 0.5) is 5.69 Å². The van der Waals surface area contributed by atoms with Gasteiger partial charge in [-0.05, 0) is 60.0 Å². The van der Waals surface area contributed by atoms with E-state index in [4.69, 9.17) is 0 Å². The molecule has 0 radical (unpaired) electrons. The number of nitrogens with one attached hydrogen (secondary N) is 2. The van der Waals surface area contributed by atoms with Gasteiger partial charge in [-0.2, -0.15) is 4.57 Å². The quantitative estimate of drug-likeness (QED) is 0.0588. The van der Waals surface area contributed by atoms with Gasteiger partial charge in [0.1, 0.15) is 22.9 Å². The van der Waals surface area contributed by atoms with Gasteiger partial charge < -0.3 is 25.7 Å². The summed E-state index contributed by atoms with van der Waals surface area (Å²) in [5, 5.41) is 24.5. The highest BCUT2D eigenvalue weighted by Gasteiger charge is 2.54. The predicted octanol–water partition coefficient (Wildman–Crippen LogP) is 3.12. The first-order valence-electron chi connectivity index (χ1n) is 15.9. The molecule has 260 valence electrons. The third-order valence-corrected chi connectivity index (χ3v) is 12.0. The number of β-lactam (4-membered cyclic amide) rings is 1. The maximum absolute atomic E-state index is 13.4. The summed E-state index contributed by atoms with van der Waals surface area (Å²) in [5.41, 5.74) is 2.96. The van der Waals surface area contributed by atoms with Crippen molar-refractivity contribution in [2.75, 3.05) is 23.4 Å². The summed E-state index contributed by atoms with van der Waals surface area (Å²) in [6, 6.07) is 16.7. The number of rotatable bonds is 11. The molecular formula is C35H31N6O7S3+. The number of aromatic hydroxyl groups is 1. The summed E-state index contributed by atoms with van der Waals surface area (Å²) in [7, 11) is 0. The fourth-order valence-electron chi connectivity index (χ4n) is 6.00. The molecule has 13 nitrogen and oxygen atoms in total. The normalized spacial score (nSPS) is 19.3. The highest BCUT2D eigenvalue weighted by Crippen LogP contribution is 2.41. The number of pyridine rings is 1. The van der Waals surface area contributed by atoms with Crippen molar-refractivity contribution in [3.05, 3.63) is 102 Å². The number of benzene rings is 2. The largest absolute Gasteiger partial charge is 0.508 e. The number of likely N-dealkylation sites (tertiary alicyclic amines) is 1. The number of carbonyl (C=O) groups is 5. The summed E-state index contributed by atoms with van der Waals surface area (Å²) < 4.78 is 3.47. The Morgan fingerprint density at radius 2 is 1.80 bits per heavy atom. The number of para-hydroxylation sites is 1. The van der Waals surface area contributed by atoms with E-state index in [9.17, 15) is 34.2 Å². The SMILES string of the molecule is O=C(C[n+]1ccc(CN2CC/C(=C\C3=C(C(=O)O)N4C(=O)C(NC(=O)CSc5nc6ccccc6s5)C4SC3)C2=O)cc1)Nc1ccc(O)cc1. The molecule has 0 bridgehead atoms. The zero-order valence-electron chi connectivity index (χ0n) is 26.9. The molecule has 0 spiro atoms. The molecule has 5 heterocycles. The molecule has 4 N–H and O–H groups in total. The van der Waals surface area contributed by atoms with Gasteiger partial charge >= 0.3 is 5.97 Å². The van der Waals surface area contributed by atoms with E-state index in [0.717, 1.165) is 20.1 Å². The van der Waals surface area contributed by atoms with Crippen molar-refractivity contribution in [3.8, 4) is 5.75 Å². The Balaban J connectivity index is 0.940. The zero-order chi connectivity index (χ0) is 35.6. The summed E-state index contributed by atoms with van der Waals surface area (Å²) in [5.74, 6) is -2.12. The van der Waals surface area contributed by atoms with Crippen LogP contribution in [0.25, 0.3) is 10.2 Å². The van der Waals surface area contributed by atoms with Crippen LogP contribution >= 0.6 is 34.9 Å². The summed E-state index contributed by atoms with van der Waals surface area (Å²) in [6.07, 6.45) is 5.52. The van der Waals surface area contributed by atoms with E-state index >= 15 is 0 Å². The van der Waals surface area contributed by atoms with Crippen LogP contribution in [0.2, 0.25) is 0 Å². The van der Waals surface area contributed by atoms with Gasteiger partial charge in [0.25, 0.3) is 11.8 Å². The molecule has 7 rings (SSSR count). The van der Waals surface area contributed by atoms with Crippen LogP contribution < -0.4 is 15.2 Å². The first-order chi connectivity index (χ1) is 24.6. The highest BCUT2D eigenvalue weighted by atomic mass is 32.2. The molecule has 0 aliphatic carbocycles. The third kappa shape index (κ3) is 7.48. The fourth-order valence-corrected chi connectivity index (χ4v) is 9.19. The summed E-state index contributed by atoms with van der Waals surface area (Å²) >= 11 is 4.12. The Kier molecular flexibility index (Phi) is 9.79. The van der Waals surface area contributed by atoms with Crippen molar-refractivity contribution in [1.29, 1.82) is 0 Å². The number of phenolic OH excluding ortho intramolecular Hbond substituents is 1. The standard InChI is InChI=1S/C35H30N6O7S3/c42-24-7-5-23(6-8-24)36-27(43)17-39-12-9-20(10-13-39)16-40-14-11-21(31(40)45)15-22-18-49-33-29(32(46)41(33)30(22)34(47)48)38-28(44)19-50-35-37-25-3-1-2-4-26(25)51-35/h1-10,12-13,15,29,33H,11,14,16-19H2,(H3-,36,38,42,43,44,47,48)/p+1/b21-15+. The molecule has 4 amide bonds. The lowest BCUT2D eigenvalue weighted by atomic mass is 10.0. The predicted molar refractivity (Wildman–Crippen MR) is 192 cm³/mol. The van der Waals surface area contributed by atoms with Crippen LogP contribution in [-0.4, -0.2) is 84.1 Å². The number of nitrogens with zero attached hydrogens (tertiary/aromatic N) is 4. The summed E-state index contributed by atoms with van der Waals surface area (Å²) in [6.45, 7) is 0.862. The van der Waals surface area contributed by atoms with Gasteiger partial charge in [0, 0.05) is 42.2 Å². The lowest BCUT2D eigenvalue weighted by Gasteiger charge is -2.49. The van der Waals surface area contributed by atoms with Crippen LogP contribution in [0.5, 0.6) is 5.75 Å². The number of thiazole rings is 1. The minimum atomic E-state index is -1.27. The van der Waals surface area contributed by atoms with E-state index in [-0.39, 0.29) is 47.2 Å². The number of thioether (sulfide) groups is 2. The van der Waals surface area contributed by atoms with E-state index in [1.54, 1.807) is 40.1 Å². The number of amides is 4. The molecule has 16 heteroatoms. The van der Waals surface area contributed by atoms with E-state index in [0.29, 0.717) is 36.3 Å². The summed E-state index contributed by atoms with van der Waals surface area (Å²) in [4.78, 5) is 71.5. The average Bonchev–Trinajstić information content (AvgIpc) is 3.70. The Bertz CT molecular complexity index is 2080. The van der Waals surface area contributed by atoms with Crippen molar-refractivity contribution in [3.63, 3.8) is 0 Å². The highest BCUT2D eigenvalue weighted by molar-refractivity contribution is 8.01. The molecule has 4 aromatic rings. The Hall–Kier alpha value is -5.19. The second-order valence-corrected chi connectivity index (χ2v) is 15.3. The molecule has 2 aromatic carbocycles. The first-order valence-corrected chi connectivity index (χ1v) is 18.7. The van der Waals surface area contributed by atoms with Gasteiger partial charge in [-0.25, -0.2) is 9.78 Å². The molecule has 2 saturated heterocycles. The first kappa shape index (κ1) is 34.3. The van der Waals surface area contributed by atoms with Crippen LogP contribution in [-0.2, 0) is 37.1 Å². The molecular weight excluding hydrogens is 713 g/mol. The van der Waals surface area contributed by atoms with E-state index < -0.39 is 23.3 Å². The van der Waals surface area contributed by atoms with Crippen LogP contribution in [0.3, 0.4) is 0 Å². The number of carboxylic acid groups (broad SMARTS) is 1. The van der Waals surface area contributed by atoms with Crippen molar-refractivity contribution < 1.29 is 38.8 Å². The van der Waals surface area contributed by atoms with Crippen molar-refractivity contribution >= 4 is 80.4 Å². The monoisotopic (exact) mass is 743 g/mol. The van der Waals surface area contributed by atoms with Gasteiger partial charge in [0.15, 0.2) is 16.7 Å². The topological polar surface area (TPSA) is 173 Å². The molecule has 2 fully saturated rings. The van der Waals surface area contributed by atoms with Crippen LogP contribution in [0.15, 0.2) is 100 Å². The number of fused-ring (bicyclic) bond motifs is 2. The maximum atomic E-state index is 13.4. The minimum absolute atomic E-state index is 0.0702. The molecule has 3 aliphatic rings. The average molecular weight is 744 g/mol. The van der Waals surface area contributed by atoms with E-state index in [2.05, 4.69) is 15.6 Å². The zero-order valence-corrected chi connectivity index (χ0v) is 29.3. The van der Waals surface area contributed by atoms with Crippen molar-refractivity contribution in [2.45, 2.75) is 35.3 Å². The minimum Gasteiger partial charge on any atom is -0.508 e. The molecule has 3 aliphatic heterocycles. The van der Waals surface area contributed by atoms with Crippen molar-refractivity contribution in [2.24, 2.45) is 0 Å². The Morgan fingerprint density at radius 3 is 2.55 bits per heavy atom. The number of hydrogen-bond donors (Lipinski definition) is 4. The molecule has 2 unspecified atom stereocenters.